The van der Waals surface area contributed by atoms with E-state index < -0.39 is 40.5 Å². The SMILES string of the molecule is NC(Cc1c[nH]c2ccccc12)C(=O)Oc1ccc2c(=O)c(-c3ccc4c(c3)OCCO4)c(C(F)(F)F)oc2c1. The summed E-state index contributed by atoms with van der Waals surface area (Å²) in [5.74, 6) is -1.81. The van der Waals surface area contributed by atoms with E-state index in [1.165, 1.54) is 30.3 Å². The Bertz CT molecular complexity index is 1820. The molecule has 3 N–H and O–H groups in total. The van der Waals surface area contributed by atoms with Gasteiger partial charge in [0.05, 0.1) is 10.9 Å². The zero-order valence-electron chi connectivity index (χ0n) is 20.7. The van der Waals surface area contributed by atoms with Crippen LogP contribution in [-0.2, 0) is 17.4 Å². The van der Waals surface area contributed by atoms with Gasteiger partial charge in [-0.2, -0.15) is 13.2 Å². The lowest BCUT2D eigenvalue weighted by atomic mass is 10.0. The number of nitrogens with one attached hydrogen (secondary N) is 1. The summed E-state index contributed by atoms with van der Waals surface area (Å²) in [5, 5.41) is 0.785. The third kappa shape index (κ3) is 4.64. The number of H-pyrrole nitrogens is 1. The van der Waals surface area contributed by atoms with Crippen molar-refractivity contribution in [1.82, 2.24) is 4.98 Å². The molecule has 1 atom stereocenters. The van der Waals surface area contributed by atoms with Crippen molar-refractivity contribution < 1.29 is 36.6 Å². The topological polar surface area (TPSA) is 117 Å². The lowest BCUT2D eigenvalue weighted by Gasteiger charge is -2.19. The van der Waals surface area contributed by atoms with E-state index in [2.05, 4.69) is 4.98 Å². The number of carbonyl (C=O) groups is 1. The summed E-state index contributed by atoms with van der Waals surface area (Å²) in [6.07, 6.45) is -3.08. The van der Waals surface area contributed by atoms with Crippen molar-refractivity contribution >= 4 is 27.8 Å². The number of hydrogen-bond acceptors (Lipinski definition) is 7. The third-order valence-electron chi connectivity index (χ3n) is 6.59. The van der Waals surface area contributed by atoms with Gasteiger partial charge in [0.2, 0.25) is 11.2 Å². The number of nitrogens with two attached hydrogens (primary N) is 1. The molecule has 0 fully saturated rings. The number of aromatic amines is 1. The highest BCUT2D eigenvalue weighted by molar-refractivity contribution is 5.87. The van der Waals surface area contributed by atoms with Crippen molar-refractivity contribution in [3.05, 3.63) is 88.4 Å². The molecule has 6 rings (SSSR count). The number of halogens is 3. The number of rotatable bonds is 5. The zero-order chi connectivity index (χ0) is 28.0. The maximum atomic E-state index is 14.1. The fraction of sp³-hybridized carbons (Fsp3) is 0.172. The van der Waals surface area contributed by atoms with Crippen molar-refractivity contribution in [2.24, 2.45) is 5.73 Å². The van der Waals surface area contributed by atoms with Gasteiger partial charge in [0, 0.05) is 29.6 Å². The van der Waals surface area contributed by atoms with Crippen LogP contribution >= 0.6 is 0 Å². The second-order valence-electron chi connectivity index (χ2n) is 9.24. The minimum Gasteiger partial charge on any atom is -0.486 e. The Labute approximate surface area is 224 Å². The fourth-order valence-corrected chi connectivity index (χ4v) is 4.71. The molecule has 0 saturated carbocycles. The van der Waals surface area contributed by atoms with Crippen LogP contribution in [0.3, 0.4) is 0 Å². The lowest BCUT2D eigenvalue weighted by Crippen LogP contribution is -2.36. The summed E-state index contributed by atoms with van der Waals surface area (Å²) in [5.41, 5.74) is 5.77. The molecular weight excluding hydrogens is 529 g/mol. The van der Waals surface area contributed by atoms with E-state index in [9.17, 15) is 22.8 Å². The summed E-state index contributed by atoms with van der Waals surface area (Å²) < 4.78 is 63.7. The summed E-state index contributed by atoms with van der Waals surface area (Å²) >= 11 is 0. The monoisotopic (exact) mass is 550 g/mol. The van der Waals surface area contributed by atoms with Gasteiger partial charge in [0.1, 0.15) is 30.6 Å². The van der Waals surface area contributed by atoms with Gasteiger partial charge in [-0.1, -0.05) is 24.3 Å². The molecule has 8 nitrogen and oxygen atoms in total. The third-order valence-corrected chi connectivity index (χ3v) is 6.59. The average molecular weight is 550 g/mol. The largest absolute Gasteiger partial charge is 0.486 e. The molecule has 0 aliphatic carbocycles. The molecule has 1 aliphatic rings. The van der Waals surface area contributed by atoms with E-state index in [1.807, 2.05) is 24.3 Å². The zero-order valence-corrected chi connectivity index (χ0v) is 20.7. The minimum absolute atomic E-state index is 0.0361. The molecule has 1 aliphatic heterocycles. The molecule has 0 saturated heterocycles. The number of carbonyl (C=O) groups excluding carboxylic acids is 1. The summed E-state index contributed by atoms with van der Waals surface area (Å²) in [6, 6.07) is 14.2. The minimum atomic E-state index is -5.00. The number of hydrogen-bond donors (Lipinski definition) is 2. The van der Waals surface area contributed by atoms with Gasteiger partial charge >= 0.3 is 12.1 Å². The second kappa shape index (κ2) is 9.76. The van der Waals surface area contributed by atoms with Crippen LogP contribution in [0.15, 0.2) is 76.1 Å². The number of esters is 1. The summed E-state index contributed by atoms with van der Waals surface area (Å²) in [7, 11) is 0. The molecule has 0 spiro atoms. The number of ether oxygens (including phenoxy) is 3. The van der Waals surface area contributed by atoms with Gasteiger partial charge in [0.25, 0.3) is 0 Å². The van der Waals surface area contributed by atoms with Crippen molar-refractivity contribution in [3.63, 3.8) is 0 Å². The van der Waals surface area contributed by atoms with Gasteiger partial charge in [0.15, 0.2) is 11.5 Å². The first-order valence-electron chi connectivity index (χ1n) is 12.3. The van der Waals surface area contributed by atoms with Crippen LogP contribution in [0.25, 0.3) is 33.0 Å². The van der Waals surface area contributed by atoms with Crippen LogP contribution in [0.1, 0.15) is 11.3 Å². The molecule has 3 heterocycles. The molecular formula is C29H21F3N2O6. The standard InChI is InChI=1S/C29H21F3N2O6/c30-29(31,32)27-25(15-5-8-22-24(12-15)38-10-9-37-22)26(35)19-7-6-17(13-23(19)40-27)39-28(36)20(33)11-16-14-34-21-4-2-1-3-18(16)21/h1-8,12-14,20,34H,9-11,33H2. The van der Waals surface area contributed by atoms with E-state index in [1.54, 1.807) is 6.20 Å². The van der Waals surface area contributed by atoms with Crippen molar-refractivity contribution in [1.29, 1.82) is 0 Å². The molecule has 40 heavy (non-hydrogen) atoms. The quantitative estimate of drug-likeness (QED) is 0.228. The maximum absolute atomic E-state index is 14.1. The van der Waals surface area contributed by atoms with Gasteiger partial charge < -0.3 is 29.3 Å². The maximum Gasteiger partial charge on any atom is 0.450 e. The molecule has 0 bridgehead atoms. The Hall–Kier alpha value is -4.77. The van der Waals surface area contributed by atoms with E-state index in [0.717, 1.165) is 22.5 Å². The first-order valence-corrected chi connectivity index (χ1v) is 12.3. The van der Waals surface area contributed by atoms with Crippen molar-refractivity contribution in [3.8, 4) is 28.4 Å². The van der Waals surface area contributed by atoms with Crippen LogP contribution in [-0.4, -0.2) is 30.2 Å². The first kappa shape index (κ1) is 25.5. The molecule has 204 valence electrons. The lowest BCUT2D eigenvalue weighted by molar-refractivity contribution is -0.152. The van der Waals surface area contributed by atoms with Crippen LogP contribution in [0.2, 0.25) is 0 Å². The molecule has 5 aromatic rings. The second-order valence-corrected chi connectivity index (χ2v) is 9.24. The highest BCUT2D eigenvalue weighted by Gasteiger charge is 2.39. The average Bonchev–Trinajstić information content (AvgIpc) is 3.34. The predicted molar refractivity (Wildman–Crippen MR) is 140 cm³/mol. The van der Waals surface area contributed by atoms with E-state index in [-0.39, 0.29) is 35.5 Å². The molecule has 2 aromatic heterocycles. The van der Waals surface area contributed by atoms with Gasteiger partial charge in [-0.15, -0.1) is 0 Å². The Kier molecular flexibility index (Phi) is 6.22. The molecule has 1 unspecified atom stereocenters. The van der Waals surface area contributed by atoms with Crippen LogP contribution in [0.4, 0.5) is 13.2 Å². The van der Waals surface area contributed by atoms with Crippen molar-refractivity contribution in [2.45, 2.75) is 18.6 Å². The fourth-order valence-electron chi connectivity index (χ4n) is 4.71. The Morgan fingerprint density at radius 3 is 2.58 bits per heavy atom. The number of para-hydroxylation sites is 1. The predicted octanol–water partition coefficient (Wildman–Crippen LogP) is 5.21. The molecule has 0 radical (unpaired) electrons. The normalized spacial score (nSPS) is 13.9. The molecule has 0 amide bonds. The molecule has 11 heteroatoms. The van der Waals surface area contributed by atoms with E-state index >= 15 is 0 Å². The number of benzene rings is 3. The Morgan fingerprint density at radius 2 is 1.77 bits per heavy atom. The van der Waals surface area contributed by atoms with Gasteiger partial charge in [-0.05, 0) is 41.5 Å². The van der Waals surface area contributed by atoms with Crippen molar-refractivity contribution in [2.75, 3.05) is 13.2 Å². The number of aromatic nitrogens is 1. The summed E-state index contributed by atoms with van der Waals surface area (Å²) in [6.45, 7) is 0.529. The summed E-state index contributed by atoms with van der Waals surface area (Å²) in [4.78, 5) is 29.1. The highest BCUT2D eigenvalue weighted by atomic mass is 19.4. The van der Waals surface area contributed by atoms with Crippen LogP contribution in [0, 0.1) is 0 Å². The smallest absolute Gasteiger partial charge is 0.450 e. The number of alkyl halides is 3. The first-order chi connectivity index (χ1) is 19.2. The Balaban J connectivity index is 1.32. The van der Waals surface area contributed by atoms with Crippen LogP contribution in [0.5, 0.6) is 17.2 Å². The van der Waals surface area contributed by atoms with Crippen LogP contribution < -0.4 is 25.4 Å². The highest BCUT2D eigenvalue weighted by Crippen LogP contribution is 2.40. The van der Waals surface area contributed by atoms with Gasteiger partial charge in [-0.25, -0.2) is 4.79 Å². The number of fused-ring (bicyclic) bond motifs is 3. The Morgan fingerprint density at radius 1 is 1.00 bits per heavy atom. The molecule has 3 aromatic carbocycles. The van der Waals surface area contributed by atoms with E-state index in [0.29, 0.717) is 12.4 Å². The van der Waals surface area contributed by atoms with Gasteiger partial charge in [-0.3, -0.25) is 4.79 Å². The van der Waals surface area contributed by atoms with E-state index in [4.69, 9.17) is 24.4 Å².